The predicted octanol–water partition coefficient (Wildman–Crippen LogP) is 6.39. The van der Waals surface area contributed by atoms with E-state index in [1.165, 1.54) is 38.5 Å². The van der Waals surface area contributed by atoms with Crippen LogP contribution in [0.4, 0.5) is 0 Å². The average molecular weight is 455 g/mol. The maximum Gasteiger partial charge on any atom is 0.287 e. The summed E-state index contributed by atoms with van der Waals surface area (Å²) in [6.07, 6.45) is 9.96. The number of allylic oxidation sites excluding steroid dienone is 1. The number of furan rings is 1. The van der Waals surface area contributed by atoms with Crippen LogP contribution >= 0.6 is 0 Å². The summed E-state index contributed by atoms with van der Waals surface area (Å²) in [4.78, 5) is 15.2. The third kappa shape index (κ3) is 9.87. The van der Waals surface area contributed by atoms with Crippen molar-refractivity contribution in [1.29, 1.82) is 0 Å². The minimum absolute atomic E-state index is 0.0522. The van der Waals surface area contributed by atoms with Crippen LogP contribution in [0.1, 0.15) is 81.2 Å². The molecule has 1 aromatic heterocycles. The van der Waals surface area contributed by atoms with Crippen LogP contribution in [-0.4, -0.2) is 36.5 Å². The van der Waals surface area contributed by atoms with E-state index in [9.17, 15) is 4.79 Å². The van der Waals surface area contributed by atoms with Crippen molar-refractivity contribution in [2.45, 2.75) is 78.4 Å². The molecule has 182 valence electrons. The van der Waals surface area contributed by atoms with E-state index in [2.05, 4.69) is 37.6 Å². The van der Waals surface area contributed by atoms with Gasteiger partial charge in [-0.05, 0) is 63.0 Å². The van der Waals surface area contributed by atoms with Gasteiger partial charge in [0.1, 0.15) is 18.1 Å². The Bertz CT molecular complexity index is 820. The fourth-order valence-electron chi connectivity index (χ4n) is 3.89. The maximum atomic E-state index is 12.7. The summed E-state index contributed by atoms with van der Waals surface area (Å²) in [5.74, 6) is 1.58. The van der Waals surface area contributed by atoms with E-state index < -0.39 is 0 Å². The lowest BCUT2D eigenvalue weighted by molar-refractivity contribution is 0.0896. The molecule has 0 aliphatic carbocycles. The minimum Gasteiger partial charge on any atom is -0.485 e. The summed E-state index contributed by atoms with van der Waals surface area (Å²) < 4.78 is 11.7. The van der Waals surface area contributed by atoms with E-state index in [0.29, 0.717) is 11.5 Å². The largest absolute Gasteiger partial charge is 0.485 e. The second kappa shape index (κ2) is 15.3. The first-order valence-electron chi connectivity index (χ1n) is 12.5. The third-order valence-corrected chi connectivity index (χ3v) is 5.66. The van der Waals surface area contributed by atoms with Crippen molar-refractivity contribution in [3.8, 4) is 5.75 Å². The molecule has 0 radical (unpaired) electrons. The maximum absolute atomic E-state index is 12.7. The number of carbonyl (C=O) groups excluding carboxylic acids is 1. The molecule has 0 bridgehead atoms. The summed E-state index contributed by atoms with van der Waals surface area (Å²) >= 11 is 0. The van der Waals surface area contributed by atoms with Crippen LogP contribution in [0.15, 0.2) is 53.5 Å². The molecular weight excluding hydrogens is 412 g/mol. The molecule has 0 spiro atoms. The second-order valence-electron chi connectivity index (χ2n) is 8.74. The average Bonchev–Trinajstić information content (AvgIpc) is 3.28. The number of rotatable bonds is 17. The van der Waals surface area contributed by atoms with Crippen LogP contribution in [0.5, 0.6) is 5.75 Å². The summed E-state index contributed by atoms with van der Waals surface area (Å²) in [5, 5.41) is 3.09. The van der Waals surface area contributed by atoms with Gasteiger partial charge in [-0.25, -0.2) is 0 Å². The summed E-state index contributed by atoms with van der Waals surface area (Å²) in [6.45, 7) is 13.6. The number of para-hydroxylation sites is 1. The lowest BCUT2D eigenvalue weighted by Crippen LogP contribution is -2.42. The van der Waals surface area contributed by atoms with Crippen molar-refractivity contribution in [3.63, 3.8) is 0 Å². The van der Waals surface area contributed by atoms with Crippen LogP contribution in [0.2, 0.25) is 0 Å². The van der Waals surface area contributed by atoms with Crippen molar-refractivity contribution in [1.82, 2.24) is 10.2 Å². The van der Waals surface area contributed by atoms with E-state index in [4.69, 9.17) is 9.15 Å². The molecule has 1 atom stereocenters. The smallest absolute Gasteiger partial charge is 0.287 e. The molecule has 1 unspecified atom stereocenters. The molecule has 5 nitrogen and oxygen atoms in total. The number of unbranched alkanes of at least 4 members (excludes halogenated alkanes) is 4. The van der Waals surface area contributed by atoms with Gasteiger partial charge >= 0.3 is 0 Å². The van der Waals surface area contributed by atoms with Crippen molar-refractivity contribution in [2.75, 3.05) is 19.6 Å². The SMILES string of the molecule is C=CCc1ccccc1OCc1ccc(C(=O)NC(C)CN(CCCCC)CCCCC)o1. The molecule has 0 saturated heterocycles. The first-order valence-corrected chi connectivity index (χ1v) is 12.5. The first kappa shape index (κ1) is 26.7. The Morgan fingerprint density at radius 1 is 1.09 bits per heavy atom. The zero-order valence-corrected chi connectivity index (χ0v) is 20.8. The van der Waals surface area contributed by atoms with E-state index in [0.717, 1.165) is 37.4 Å². The van der Waals surface area contributed by atoms with Crippen LogP contribution in [0, 0.1) is 0 Å². The Balaban J connectivity index is 1.86. The molecule has 2 aromatic rings. The molecule has 0 saturated carbocycles. The monoisotopic (exact) mass is 454 g/mol. The highest BCUT2D eigenvalue weighted by Gasteiger charge is 2.17. The highest BCUT2D eigenvalue weighted by Crippen LogP contribution is 2.21. The Morgan fingerprint density at radius 3 is 2.45 bits per heavy atom. The van der Waals surface area contributed by atoms with E-state index >= 15 is 0 Å². The zero-order valence-electron chi connectivity index (χ0n) is 20.8. The Morgan fingerprint density at radius 2 is 1.79 bits per heavy atom. The standard InChI is InChI=1S/C28H42N2O3/c1-5-8-12-19-30(20-13-9-6-2)21-23(4)29-28(31)27-18-17-25(33-27)22-32-26-16-11-10-15-24(26)14-7-3/h7,10-11,15-18,23H,3,5-6,8-9,12-14,19-22H2,1-2,4H3,(H,29,31). The van der Waals surface area contributed by atoms with Crippen molar-refractivity contribution in [3.05, 3.63) is 66.1 Å². The van der Waals surface area contributed by atoms with Gasteiger partial charge in [-0.1, -0.05) is 63.8 Å². The van der Waals surface area contributed by atoms with Crippen LogP contribution in [-0.2, 0) is 13.0 Å². The van der Waals surface area contributed by atoms with Gasteiger partial charge in [0.25, 0.3) is 5.91 Å². The molecule has 5 heteroatoms. The lowest BCUT2D eigenvalue weighted by Gasteiger charge is -2.26. The number of carbonyl (C=O) groups is 1. The van der Waals surface area contributed by atoms with Gasteiger partial charge in [-0.2, -0.15) is 0 Å². The number of nitrogens with zero attached hydrogens (tertiary/aromatic N) is 1. The predicted molar refractivity (Wildman–Crippen MR) is 136 cm³/mol. The van der Waals surface area contributed by atoms with Gasteiger partial charge in [-0.15, -0.1) is 6.58 Å². The molecular formula is C28H42N2O3. The second-order valence-corrected chi connectivity index (χ2v) is 8.74. The molecule has 0 aliphatic rings. The quantitative estimate of drug-likeness (QED) is 0.222. The van der Waals surface area contributed by atoms with E-state index in [-0.39, 0.29) is 18.6 Å². The van der Waals surface area contributed by atoms with Crippen LogP contribution < -0.4 is 10.1 Å². The number of ether oxygens (including phenoxy) is 1. The van der Waals surface area contributed by atoms with Crippen LogP contribution in [0.25, 0.3) is 0 Å². The molecule has 2 rings (SSSR count). The molecule has 1 heterocycles. The van der Waals surface area contributed by atoms with Gasteiger partial charge in [0, 0.05) is 12.6 Å². The highest BCUT2D eigenvalue weighted by atomic mass is 16.5. The van der Waals surface area contributed by atoms with Gasteiger partial charge in [-0.3, -0.25) is 4.79 Å². The Labute approximate surface area is 200 Å². The fraction of sp³-hybridized carbons (Fsp3) is 0.536. The Kier molecular flexibility index (Phi) is 12.4. The van der Waals surface area contributed by atoms with Crippen LogP contribution in [0.3, 0.4) is 0 Å². The fourth-order valence-corrected chi connectivity index (χ4v) is 3.89. The number of benzene rings is 1. The number of hydrogen-bond donors (Lipinski definition) is 1. The van der Waals surface area contributed by atoms with Crippen molar-refractivity contribution >= 4 is 5.91 Å². The van der Waals surface area contributed by atoms with Gasteiger partial charge < -0.3 is 19.4 Å². The van der Waals surface area contributed by atoms with E-state index in [1.54, 1.807) is 12.1 Å². The topological polar surface area (TPSA) is 54.7 Å². The zero-order chi connectivity index (χ0) is 23.9. The minimum atomic E-state index is -0.178. The molecule has 1 N–H and O–H groups in total. The molecule has 1 amide bonds. The van der Waals surface area contributed by atoms with Gasteiger partial charge in [0.15, 0.2) is 5.76 Å². The molecule has 33 heavy (non-hydrogen) atoms. The van der Waals surface area contributed by atoms with E-state index in [1.807, 2.05) is 30.3 Å². The summed E-state index contributed by atoms with van der Waals surface area (Å²) in [5.41, 5.74) is 1.08. The first-order chi connectivity index (χ1) is 16.1. The molecule has 0 fully saturated rings. The summed E-state index contributed by atoms with van der Waals surface area (Å²) in [6, 6.07) is 11.5. The van der Waals surface area contributed by atoms with Crippen molar-refractivity contribution < 1.29 is 13.9 Å². The third-order valence-electron chi connectivity index (χ3n) is 5.66. The highest BCUT2D eigenvalue weighted by molar-refractivity contribution is 5.91. The normalized spacial score (nSPS) is 12.0. The number of hydrogen-bond acceptors (Lipinski definition) is 4. The number of amides is 1. The number of nitrogens with one attached hydrogen (secondary N) is 1. The molecule has 0 aliphatic heterocycles. The van der Waals surface area contributed by atoms with Crippen molar-refractivity contribution in [2.24, 2.45) is 0 Å². The molecule has 1 aromatic carbocycles. The Hall–Kier alpha value is -2.53. The lowest BCUT2D eigenvalue weighted by atomic mass is 10.1. The van der Waals surface area contributed by atoms with Gasteiger partial charge in [0.2, 0.25) is 0 Å². The summed E-state index contributed by atoms with van der Waals surface area (Å²) in [7, 11) is 0. The van der Waals surface area contributed by atoms with Gasteiger partial charge in [0.05, 0.1) is 0 Å².